The van der Waals surface area contributed by atoms with Crippen molar-refractivity contribution in [2.75, 3.05) is 6.61 Å². The molecule has 2 rings (SSSR count). The highest BCUT2D eigenvalue weighted by atomic mass is 19.4. The van der Waals surface area contributed by atoms with Crippen LogP contribution in [0.3, 0.4) is 0 Å². The molecule has 1 aromatic heterocycles. The molecule has 0 aliphatic rings. The van der Waals surface area contributed by atoms with Crippen LogP contribution in [0, 0.1) is 6.92 Å². The van der Waals surface area contributed by atoms with E-state index in [4.69, 9.17) is 5.11 Å². The van der Waals surface area contributed by atoms with Gasteiger partial charge in [-0.2, -0.15) is 13.2 Å². The van der Waals surface area contributed by atoms with E-state index in [2.05, 4.69) is 9.97 Å². The van der Waals surface area contributed by atoms with Gasteiger partial charge in [0.1, 0.15) is 5.82 Å². The molecule has 112 valence electrons. The standard InChI is InChI=1S/C14H13F3N2O2/c1-8-11(5-6-20)13(21)19-12(18-8)9-3-2-4-10(7-9)14(15,16)17/h2-4,7,20H,5-6H2,1H3,(H,18,19,21). The van der Waals surface area contributed by atoms with Gasteiger partial charge in [-0.1, -0.05) is 12.1 Å². The highest BCUT2D eigenvalue weighted by molar-refractivity contribution is 5.56. The zero-order valence-electron chi connectivity index (χ0n) is 11.2. The summed E-state index contributed by atoms with van der Waals surface area (Å²) in [6.45, 7) is 1.38. The van der Waals surface area contributed by atoms with E-state index in [-0.39, 0.29) is 24.4 Å². The van der Waals surface area contributed by atoms with Gasteiger partial charge in [0.25, 0.3) is 5.56 Å². The van der Waals surface area contributed by atoms with Gasteiger partial charge in [0.15, 0.2) is 0 Å². The molecule has 0 saturated carbocycles. The summed E-state index contributed by atoms with van der Waals surface area (Å²) in [6, 6.07) is 4.59. The van der Waals surface area contributed by atoms with Crippen molar-refractivity contribution in [2.45, 2.75) is 19.5 Å². The first-order valence-corrected chi connectivity index (χ1v) is 6.21. The lowest BCUT2D eigenvalue weighted by molar-refractivity contribution is -0.137. The normalized spacial score (nSPS) is 11.7. The molecule has 0 spiro atoms. The second kappa shape index (κ2) is 5.69. The largest absolute Gasteiger partial charge is 0.416 e. The Bertz CT molecular complexity index is 708. The Balaban J connectivity index is 2.51. The Kier molecular flexibility index (Phi) is 4.13. The van der Waals surface area contributed by atoms with Crippen LogP contribution in [0.5, 0.6) is 0 Å². The maximum absolute atomic E-state index is 12.7. The van der Waals surface area contributed by atoms with E-state index in [0.29, 0.717) is 11.3 Å². The minimum atomic E-state index is -4.46. The highest BCUT2D eigenvalue weighted by Crippen LogP contribution is 2.31. The van der Waals surface area contributed by atoms with Crippen molar-refractivity contribution < 1.29 is 18.3 Å². The van der Waals surface area contributed by atoms with Crippen LogP contribution < -0.4 is 5.56 Å². The summed E-state index contributed by atoms with van der Waals surface area (Å²) < 4.78 is 38.1. The fraction of sp³-hybridized carbons (Fsp3) is 0.286. The third-order valence-electron chi connectivity index (χ3n) is 3.05. The molecule has 1 aromatic carbocycles. The third kappa shape index (κ3) is 3.30. The van der Waals surface area contributed by atoms with Crippen molar-refractivity contribution in [1.82, 2.24) is 9.97 Å². The molecule has 7 heteroatoms. The molecule has 0 unspecified atom stereocenters. The average molecular weight is 298 g/mol. The van der Waals surface area contributed by atoms with Gasteiger partial charge in [-0.05, 0) is 19.1 Å². The van der Waals surface area contributed by atoms with Crippen LogP contribution in [-0.4, -0.2) is 21.7 Å². The van der Waals surface area contributed by atoms with Crippen LogP contribution in [0.1, 0.15) is 16.8 Å². The number of nitrogens with zero attached hydrogens (tertiary/aromatic N) is 1. The first-order valence-electron chi connectivity index (χ1n) is 6.21. The number of aromatic nitrogens is 2. The molecular weight excluding hydrogens is 285 g/mol. The smallest absolute Gasteiger partial charge is 0.396 e. The zero-order chi connectivity index (χ0) is 15.6. The van der Waals surface area contributed by atoms with Gasteiger partial charge in [-0.25, -0.2) is 4.98 Å². The molecule has 0 bridgehead atoms. The van der Waals surface area contributed by atoms with Gasteiger partial charge in [0.05, 0.1) is 5.56 Å². The fourth-order valence-electron chi connectivity index (χ4n) is 2.00. The number of hydrogen-bond donors (Lipinski definition) is 2. The topological polar surface area (TPSA) is 66.0 Å². The molecule has 0 fully saturated rings. The lowest BCUT2D eigenvalue weighted by atomic mass is 10.1. The number of aryl methyl sites for hydroxylation is 1. The van der Waals surface area contributed by atoms with Crippen molar-refractivity contribution in [3.63, 3.8) is 0 Å². The second-order valence-corrected chi connectivity index (χ2v) is 4.53. The van der Waals surface area contributed by atoms with Crippen molar-refractivity contribution in [3.05, 3.63) is 51.4 Å². The zero-order valence-corrected chi connectivity index (χ0v) is 11.2. The number of halogens is 3. The maximum Gasteiger partial charge on any atom is 0.416 e. The monoisotopic (exact) mass is 298 g/mol. The van der Waals surface area contributed by atoms with Crippen molar-refractivity contribution in [1.29, 1.82) is 0 Å². The molecule has 2 aromatic rings. The van der Waals surface area contributed by atoms with Crippen molar-refractivity contribution >= 4 is 0 Å². The summed E-state index contributed by atoms with van der Waals surface area (Å²) in [4.78, 5) is 18.4. The Morgan fingerprint density at radius 3 is 2.62 bits per heavy atom. The summed E-state index contributed by atoms with van der Waals surface area (Å²) in [5.74, 6) is 0.0743. The number of benzene rings is 1. The molecular formula is C14H13F3N2O2. The van der Waals surface area contributed by atoms with Crippen LogP contribution >= 0.6 is 0 Å². The molecule has 21 heavy (non-hydrogen) atoms. The van der Waals surface area contributed by atoms with Gasteiger partial charge in [-0.15, -0.1) is 0 Å². The fourth-order valence-corrected chi connectivity index (χ4v) is 2.00. The van der Waals surface area contributed by atoms with Gasteiger partial charge in [-0.3, -0.25) is 4.79 Å². The minimum Gasteiger partial charge on any atom is -0.396 e. The Labute approximate surface area is 118 Å². The first kappa shape index (κ1) is 15.2. The molecule has 0 radical (unpaired) electrons. The number of aliphatic hydroxyl groups is 1. The number of alkyl halides is 3. The first-order chi connectivity index (χ1) is 9.82. The Morgan fingerprint density at radius 2 is 2.05 bits per heavy atom. The summed E-state index contributed by atoms with van der Waals surface area (Å²) in [7, 11) is 0. The van der Waals surface area contributed by atoms with Gasteiger partial charge in [0, 0.05) is 29.8 Å². The van der Waals surface area contributed by atoms with E-state index in [1.807, 2.05) is 0 Å². The lowest BCUT2D eigenvalue weighted by Crippen LogP contribution is -2.18. The van der Waals surface area contributed by atoms with Crippen molar-refractivity contribution in [2.24, 2.45) is 0 Å². The van der Waals surface area contributed by atoms with Crippen LogP contribution in [0.2, 0.25) is 0 Å². The predicted molar refractivity (Wildman–Crippen MR) is 70.8 cm³/mol. The van der Waals surface area contributed by atoms with Gasteiger partial charge < -0.3 is 10.1 Å². The molecule has 0 aliphatic heterocycles. The van der Waals surface area contributed by atoms with Gasteiger partial charge >= 0.3 is 6.18 Å². The highest BCUT2D eigenvalue weighted by Gasteiger charge is 2.30. The molecule has 4 nitrogen and oxygen atoms in total. The van der Waals surface area contributed by atoms with E-state index >= 15 is 0 Å². The van der Waals surface area contributed by atoms with E-state index in [9.17, 15) is 18.0 Å². The number of H-pyrrole nitrogens is 1. The van der Waals surface area contributed by atoms with Crippen LogP contribution in [0.25, 0.3) is 11.4 Å². The van der Waals surface area contributed by atoms with Gasteiger partial charge in [0.2, 0.25) is 0 Å². The maximum atomic E-state index is 12.7. The third-order valence-corrected chi connectivity index (χ3v) is 3.05. The quantitative estimate of drug-likeness (QED) is 0.913. The van der Waals surface area contributed by atoms with E-state index < -0.39 is 17.3 Å². The number of aliphatic hydroxyl groups excluding tert-OH is 1. The van der Waals surface area contributed by atoms with E-state index in [1.165, 1.54) is 12.1 Å². The summed E-state index contributed by atoms with van der Waals surface area (Å²) in [5.41, 5.74) is -0.363. The molecule has 0 amide bonds. The summed E-state index contributed by atoms with van der Waals surface area (Å²) >= 11 is 0. The predicted octanol–water partition coefficient (Wildman–Crippen LogP) is 2.30. The molecule has 0 atom stereocenters. The van der Waals surface area contributed by atoms with Crippen molar-refractivity contribution in [3.8, 4) is 11.4 Å². The Morgan fingerprint density at radius 1 is 1.33 bits per heavy atom. The summed E-state index contributed by atoms with van der Waals surface area (Å²) in [5, 5.41) is 8.88. The molecule has 0 saturated heterocycles. The summed E-state index contributed by atoms with van der Waals surface area (Å²) in [6.07, 6.45) is -4.31. The molecule has 0 aliphatic carbocycles. The van der Waals surface area contributed by atoms with Crippen LogP contribution in [-0.2, 0) is 12.6 Å². The average Bonchev–Trinajstić information content (AvgIpc) is 2.42. The molecule has 2 N–H and O–H groups in total. The van der Waals surface area contributed by atoms with E-state index in [1.54, 1.807) is 6.92 Å². The minimum absolute atomic E-state index is 0.0743. The SMILES string of the molecule is Cc1nc(-c2cccc(C(F)(F)F)c2)[nH]c(=O)c1CCO. The number of aromatic amines is 1. The second-order valence-electron chi connectivity index (χ2n) is 4.53. The van der Waals surface area contributed by atoms with Crippen LogP contribution in [0.15, 0.2) is 29.1 Å². The van der Waals surface area contributed by atoms with E-state index in [0.717, 1.165) is 12.1 Å². The number of nitrogens with one attached hydrogen (secondary N) is 1. The lowest BCUT2D eigenvalue weighted by Gasteiger charge is -2.10. The number of hydrogen-bond acceptors (Lipinski definition) is 3. The number of rotatable bonds is 3. The van der Waals surface area contributed by atoms with Crippen LogP contribution in [0.4, 0.5) is 13.2 Å². The Hall–Kier alpha value is -2.15. The molecule has 1 heterocycles.